The molecule has 0 spiro atoms. The number of hydrogen-bond acceptors (Lipinski definition) is 7. The quantitative estimate of drug-likeness (QED) is 0.618. The number of anilines is 1. The van der Waals surface area contributed by atoms with Crippen LogP contribution < -0.4 is 10.2 Å². The SMILES string of the molecule is C#C.CCC1CN(c2ncc(C(=O)OC)nc2Cl)CCN1C1CCNCC1. The van der Waals surface area contributed by atoms with E-state index in [1.165, 1.54) is 26.1 Å². The highest BCUT2D eigenvalue weighted by Crippen LogP contribution is 2.27. The van der Waals surface area contributed by atoms with Crippen molar-refractivity contribution in [1.82, 2.24) is 20.2 Å². The summed E-state index contributed by atoms with van der Waals surface area (Å²) in [5.41, 5.74) is 0.136. The minimum Gasteiger partial charge on any atom is -0.464 e. The molecule has 2 aliphatic heterocycles. The van der Waals surface area contributed by atoms with Crippen LogP contribution in [0.25, 0.3) is 0 Å². The van der Waals surface area contributed by atoms with Crippen molar-refractivity contribution in [3.63, 3.8) is 0 Å². The number of methoxy groups -OCH3 is 1. The van der Waals surface area contributed by atoms with E-state index in [1.54, 1.807) is 0 Å². The highest BCUT2D eigenvalue weighted by Gasteiger charge is 2.33. The molecule has 1 atom stereocenters. The second kappa shape index (κ2) is 10.5. The van der Waals surface area contributed by atoms with E-state index in [1.807, 2.05) is 0 Å². The summed E-state index contributed by atoms with van der Waals surface area (Å²) in [5.74, 6) is 0.126. The van der Waals surface area contributed by atoms with Gasteiger partial charge in [-0.05, 0) is 32.4 Å². The molecule has 8 heteroatoms. The fourth-order valence-electron chi connectivity index (χ4n) is 3.82. The minimum absolute atomic E-state index is 0.136. The largest absolute Gasteiger partial charge is 0.464 e. The summed E-state index contributed by atoms with van der Waals surface area (Å²) in [6, 6.07) is 1.15. The van der Waals surface area contributed by atoms with Crippen LogP contribution in [0.2, 0.25) is 5.15 Å². The number of terminal acetylenes is 1. The number of aromatic nitrogens is 2. The number of ether oxygens (including phenoxy) is 1. The zero-order valence-electron chi connectivity index (χ0n) is 16.0. The van der Waals surface area contributed by atoms with E-state index in [0.29, 0.717) is 17.9 Å². The normalized spacial score (nSPS) is 21.2. The van der Waals surface area contributed by atoms with Gasteiger partial charge in [-0.3, -0.25) is 4.90 Å². The van der Waals surface area contributed by atoms with Crippen LogP contribution in [0.15, 0.2) is 6.20 Å². The Balaban J connectivity index is 0.00000126. The van der Waals surface area contributed by atoms with Crippen molar-refractivity contribution in [2.45, 2.75) is 38.3 Å². The molecule has 0 bridgehead atoms. The number of piperazine rings is 1. The van der Waals surface area contributed by atoms with Gasteiger partial charge in [0.05, 0.1) is 13.3 Å². The summed E-state index contributed by atoms with van der Waals surface area (Å²) >= 11 is 6.29. The molecule has 0 radical (unpaired) electrons. The third-order valence-corrected chi connectivity index (χ3v) is 5.44. The standard InChI is InChI=1S/C17H26ClN5O2.C2H2/c1-3-12-11-22(8-9-23(12)13-4-6-19-7-5-13)16-15(18)21-14(10-20-16)17(24)25-2;1-2/h10,12-13,19H,3-9,11H2,1-2H3;1-2H. The molecule has 1 aromatic rings. The maximum absolute atomic E-state index is 11.6. The number of esters is 1. The Morgan fingerprint density at radius 3 is 2.67 bits per heavy atom. The van der Waals surface area contributed by atoms with Gasteiger partial charge in [0.25, 0.3) is 0 Å². The Hall–Kier alpha value is -1.88. The van der Waals surface area contributed by atoms with E-state index in [4.69, 9.17) is 11.6 Å². The molecule has 3 rings (SSSR count). The molecule has 1 N–H and O–H groups in total. The van der Waals surface area contributed by atoms with Crippen LogP contribution >= 0.6 is 11.6 Å². The Morgan fingerprint density at radius 2 is 2.07 bits per heavy atom. The maximum Gasteiger partial charge on any atom is 0.358 e. The number of nitrogens with one attached hydrogen (secondary N) is 1. The smallest absolute Gasteiger partial charge is 0.358 e. The van der Waals surface area contributed by atoms with E-state index >= 15 is 0 Å². The second-order valence-electron chi connectivity index (χ2n) is 6.59. The molecule has 7 nitrogen and oxygen atoms in total. The second-order valence-corrected chi connectivity index (χ2v) is 6.95. The van der Waals surface area contributed by atoms with Crippen molar-refractivity contribution in [3.05, 3.63) is 17.0 Å². The molecule has 1 aromatic heterocycles. The predicted molar refractivity (Wildman–Crippen MR) is 107 cm³/mol. The molecule has 2 saturated heterocycles. The first kappa shape index (κ1) is 21.4. The molecule has 2 aliphatic rings. The first-order valence-corrected chi connectivity index (χ1v) is 9.67. The molecular formula is C19H28ClN5O2. The number of piperidine rings is 1. The first-order valence-electron chi connectivity index (χ1n) is 9.29. The van der Waals surface area contributed by atoms with E-state index < -0.39 is 5.97 Å². The third kappa shape index (κ3) is 5.10. The summed E-state index contributed by atoms with van der Waals surface area (Å²) in [5, 5.41) is 3.69. The average Bonchev–Trinajstić information content (AvgIpc) is 2.74. The van der Waals surface area contributed by atoms with Crippen LogP contribution in [-0.4, -0.2) is 72.8 Å². The monoisotopic (exact) mass is 393 g/mol. The Morgan fingerprint density at radius 1 is 1.37 bits per heavy atom. The molecule has 2 fully saturated rings. The fourth-order valence-corrected chi connectivity index (χ4v) is 4.08. The summed E-state index contributed by atoms with van der Waals surface area (Å²) in [6.45, 7) is 7.19. The molecular weight excluding hydrogens is 366 g/mol. The minimum atomic E-state index is -0.525. The lowest BCUT2D eigenvalue weighted by Gasteiger charge is -2.46. The maximum atomic E-state index is 11.6. The van der Waals surface area contributed by atoms with Crippen LogP contribution in [-0.2, 0) is 4.74 Å². The summed E-state index contributed by atoms with van der Waals surface area (Å²) in [7, 11) is 1.32. The lowest BCUT2D eigenvalue weighted by molar-refractivity contribution is 0.0593. The highest BCUT2D eigenvalue weighted by atomic mass is 35.5. The van der Waals surface area contributed by atoms with Gasteiger partial charge in [-0.25, -0.2) is 14.8 Å². The van der Waals surface area contributed by atoms with E-state index in [2.05, 4.69) is 49.6 Å². The van der Waals surface area contributed by atoms with Gasteiger partial charge < -0.3 is 15.0 Å². The van der Waals surface area contributed by atoms with E-state index in [9.17, 15) is 4.79 Å². The van der Waals surface area contributed by atoms with Gasteiger partial charge in [-0.2, -0.15) is 0 Å². The van der Waals surface area contributed by atoms with Crippen molar-refractivity contribution < 1.29 is 9.53 Å². The highest BCUT2D eigenvalue weighted by molar-refractivity contribution is 6.31. The molecule has 0 aliphatic carbocycles. The van der Waals surface area contributed by atoms with Crippen molar-refractivity contribution in [1.29, 1.82) is 0 Å². The summed E-state index contributed by atoms with van der Waals surface area (Å²) in [6.07, 6.45) is 13.0. The summed E-state index contributed by atoms with van der Waals surface area (Å²) < 4.78 is 4.67. The molecule has 3 heterocycles. The lowest BCUT2D eigenvalue weighted by atomic mass is 9.99. The molecule has 1 unspecified atom stereocenters. The van der Waals surface area contributed by atoms with Gasteiger partial charge in [-0.1, -0.05) is 18.5 Å². The first-order chi connectivity index (χ1) is 13.1. The van der Waals surface area contributed by atoms with Gasteiger partial charge in [0, 0.05) is 31.7 Å². The van der Waals surface area contributed by atoms with Crippen LogP contribution in [0, 0.1) is 12.8 Å². The van der Waals surface area contributed by atoms with Crippen LogP contribution in [0.4, 0.5) is 5.82 Å². The average molecular weight is 394 g/mol. The molecule has 0 saturated carbocycles. The van der Waals surface area contributed by atoms with E-state index in [-0.39, 0.29) is 10.8 Å². The zero-order valence-corrected chi connectivity index (χ0v) is 16.8. The molecule has 0 aromatic carbocycles. The lowest BCUT2D eigenvalue weighted by Crippen LogP contribution is -2.58. The van der Waals surface area contributed by atoms with Crippen molar-refractivity contribution in [2.75, 3.05) is 44.7 Å². The molecule has 0 amide bonds. The Labute approximate surface area is 166 Å². The number of carbonyl (C=O) groups is 1. The van der Waals surface area contributed by atoms with Gasteiger partial charge in [0.15, 0.2) is 16.7 Å². The number of nitrogens with zero attached hydrogens (tertiary/aromatic N) is 4. The fraction of sp³-hybridized carbons (Fsp3) is 0.632. The Kier molecular flexibility index (Phi) is 8.29. The van der Waals surface area contributed by atoms with Gasteiger partial charge in [0.1, 0.15) is 0 Å². The van der Waals surface area contributed by atoms with Crippen LogP contribution in [0.5, 0.6) is 0 Å². The zero-order chi connectivity index (χ0) is 19.8. The number of hydrogen-bond donors (Lipinski definition) is 1. The van der Waals surface area contributed by atoms with Crippen molar-refractivity contribution in [2.24, 2.45) is 0 Å². The van der Waals surface area contributed by atoms with E-state index in [0.717, 1.165) is 39.1 Å². The number of halogens is 1. The Bertz CT molecular complexity index is 648. The van der Waals surface area contributed by atoms with Crippen LogP contribution in [0.1, 0.15) is 36.7 Å². The van der Waals surface area contributed by atoms with Gasteiger partial charge in [-0.15, -0.1) is 12.8 Å². The number of rotatable bonds is 4. The van der Waals surface area contributed by atoms with Gasteiger partial charge in [0.2, 0.25) is 0 Å². The number of carbonyl (C=O) groups excluding carboxylic acids is 1. The van der Waals surface area contributed by atoms with Crippen molar-refractivity contribution in [3.8, 4) is 12.8 Å². The summed E-state index contributed by atoms with van der Waals surface area (Å²) in [4.78, 5) is 24.9. The van der Waals surface area contributed by atoms with Crippen molar-refractivity contribution >= 4 is 23.4 Å². The topological polar surface area (TPSA) is 70.6 Å². The molecule has 27 heavy (non-hydrogen) atoms. The van der Waals surface area contributed by atoms with Gasteiger partial charge >= 0.3 is 5.97 Å². The van der Waals surface area contributed by atoms with Crippen LogP contribution in [0.3, 0.4) is 0 Å². The predicted octanol–water partition coefficient (Wildman–Crippen LogP) is 1.82. The molecule has 148 valence electrons. The third-order valence-electron chi connectivity index (χ3n) is 5.18.